The molecule has 0 aromatic heterocycles. The van der Waals surface area contributed by atoms with Crippen molar-refractivity contribution in [3.05, 3.63) is 28.2 Å². The Balaban J connectivity index is 2.75. The van der Waals surface area contributed by atoms with Gasteiger partial charge in [0.05, 0.1) is 10.7 Å². The summed E-state index contributed by atoms with van der Waals surface area (Å²) in [5.74, 6) is 0.682. The van der Waals surface area contributed by atoms with E-state index in [1.54, 1.807) is 18.2 Å². The number of carbonyl (C=O) groups is 1. The van der Waals surface area contributed by atoms with Gasteiger partial charge in [0, 0.05) is 29.9 Å². The minimum Gasteiger partial charge on any atom is -0.322 e. The third-order valence-corrected chi connectivity index (χ3v) is 3.07. The molecule has 2 amide bonds. The number of carbonyl (C=O) groups excluding carboxylic acids is 1. The Labute approximate surface area is 126 Å². The van der Waals surface area contributed by atoms with E-state index in [0.29, 0.717) is 40.6 Å². The second-order valence-corrected chi connectivity index (χ2v) is 5.02. The smallest absolute Gasteiger partial charge is 0.321 e. The average molecular weight is 330 g/mol. The molecular formula is C11H12Cl4N2O. The van der Waals surface area contributed by atoms with Crippen LogP contribution in [0.2, 0.25) is 10.0 Å². The molecule has 0 aliphatic rings. The van der Waals surface area contributed by atoms with Crippen molar-refractivity contribution < 1.29 is 4.79 Å². The van der Waals surface area contributed by atoms with Crippen molar-refractivity contribution in [1.29, 1.82) is 0 Å². The molecule has 0 unspecified atom stereocenters. The Bertz CT molecular complexity index is 408. The number of hydrogen-bond donors (Lipinski definition) is 1. The van der Waals surface area contributed by atoms with Crippen LogP contribution in [0, 0.1) is 0 Å². The summed E-state index contributed by atoms with van der Waals surface area (Å²) in [6, 6.07) is 4.55. The summed E-state index contributed by atoms with van der Waals surface area (Å²) in [5, 5.41) is 3.59. The van der Waals surface area contributed by atoms with Crippen molar-refractivity contribution in [2.24, 2.45) is 0 Å². The van der Waals surface area contributed by atoms with Crippen LogP contribution in [0.4, 0.5) is 10.5 Å². The van der Waals surface area contributed by atoms with Crippen LogP contribution in [0.3, 0.4) is 0 Å². The maximum Gasteiger partial charge on any atom is 0.321 e. The largest absolute Gasteiger partial charge is 0.322 e. The van der Waals surface area contributed by atoms with E-state index in [1.165, 1.54) is 4.90 Å². The second kappa shape index (κ2) is 7.95. The molecule has 1 aromatic rings. The zero-order chi connectivity index (χ0) is 13.5. The highest BCUT2D eigenvalue weighted by molar-refractivity contribution is 6.35. The van der Waals surface area contributed by atoms with E-state index in [-0.39, 0.29) is 6.03 Å². The predicted molar refractivity (Wildman–Crippen MR) is 78.5 cm³/mol. The summed E-state index contributed by atoms with van der Waals surface area (Å²) in [5.41, 5.74) is 0.461. The van der Waals surface area contributed by atoms with E-state index in [0.717, 1.165) is 0 Å². The molecule has 1 rings (SSSR count). The summed E-state index contributed by atoms with van der Waals surface area (Å²) < 4.78 is 0. The van der Waals surface area contributed by atoms with Crippen molar-refractivity contribution in [2.45, 2.75) is 0 Å². The highest BCUT2D eigenvalue weighted by Crippen LogP contribution is 2.25. The van der Waals surface area contributed by atoms with Gasteiger partial charge < -0.3 is 10.2 Å². The Kier molecular flexibility index (Phi) is 6.94. The summed E-state index contributed by atoms with van der Waals surface area (Å²) in [6.45, 7) is 0.830. The third kappa shape index (κ3) is 4.73. The maximum absolute atomic E-state index is 12.0. The summed E-state index contributed by atoms with van der Waals surface area (Å²) in [6.07, 6.45) is 0. The quantitative estimate of drug-likeness (QED) is 0.802. The number of benzene rings is 1. The minimum atomic E-state index is -0.305. The predicted octanol–water partition coefficient (Wildman–Crippen LogP) is 4.30. The molecule has 1 aromatic carbocycles. The van der Waals surface area contributed by atoms with Crippen LogP contribution in [0.15, 0.2) is 18.2 Å². The van der Waals surface area contributed by atoms with Gasteiger partial charge in [0.15, 0.2) is 0 Å². The number of hydrogen-bond acceptors (Lipinski definition) is 1. The number of halogens is 4. The van der Waals surface area contributed by atoms with Crippen molar-refractivity contribution >= 4 is 58.1 Å². The number of amides is 2. The van der Waals surface area contributed by atoms with E-state index >= 15 is 0 Å². The molecule has 0 saturated carbocycles. The van der Waals surface area contributed by atoms with Crippen LogP contribution in [0.1, 0.15) is 0 Å². The molecular weight excluding hydrogens is 318 g/mol. The number of rotatable bonds is 5. The molecule has 0 aliphatic heterocycles. The second-order valence-electron chi connectivity index (χ2n) is 3.42. The number of anilines is 1. The number of urea groups is 1. The van der Waals surface area contributed by atoms with Gasteiger partial charge in [-0.05, 0) is 18.2 Å². The lowest BCUT2D eigenvalue weighted by molar-refractivity contribution is 0.218. The van der Waals surface area contributed by atoms with Crippen molar-refractivity contribution in [2.75, 3.05) is 30.2 Å². The van der Waals surface area contributed by atoms with Gasteiger partial charge in [-0.15, -0.1) is 23.2 Å². The van der Waals surface area contributed by atoms with Gasteiger partial charge in [-0.1, -0.05) is 23.2 Å². The first-order chi connectivity index (χ1) is 8.58. The maximum atomic E-state index is 12.0. The van der Waals surface area contributed by atoms with Gasteiger partial charge in [-0.25, -0.2) is 4.79 Å². The lowest BCUT2D eigenvalue weighted by Crippen LogP contribution is -2.37. The Hall–Kier alpha value is -0.350. The van der Waals surface area contributed by atoms with Crippen molar-refractivity contribution in [3.63, 3.8) is 0 Å². The lowest BCUT2D eigenvalue weighted by atomic mass is 10.3. The number of nitrogens with one attached hydrogen (secondary N) is 1. The van der Waals surface area contributed by atoms with E-state index in [2.05, 4.69) is 5.32 Å². The van der Waals surface area contributed by atoms with Crippen LogP contribution >= 0.6 is 46.4 Å². The van der Waals surface area contributed by atoms with E-state index < -0.39 is 0 Å². The summed E-state index contributed by atoms with van der Waals surface area (Å²) in [4.78, 5) is 13.5. The van der Waals surface area contributed by atoms with Crippen molar-refractivity contribution in [3.8, 4) is 0 Å². The van der Waals surface area contributed by atoms with Gasteiger partial charge in [-0.2, -0.15) is 0 Å². The van der Waals surface area contributed by atoms with E-state index in [4.69, 9.17) is 46.4 Å². The zero-order valence-corrected chi connectivity index (χ0v) is 12.5. The molecule has 0 heterocycles. The molecule has 100 valence electrons. The van der Waals surface area contributed by atoms with Crippen LogP contribution in [0.5, 0.6) is 0 Å². The monoisotopic (exact) mass is 328 g/mol. The summed E-state index contributed by atoms with van der Waals surface area (Å²) in [7, 11) is 0. The first-order valence-electron chi connectivity index (χ1n) is 5.21. The normalized spacial score (nSPS) is 10.2. The molecule has 0 fully saturated rings. The highest BCUT2D eigenvalue weighted by atomic mass is 35.5. The third-order valence-electron chi connectivity index (χ3n) is 2.17. The highest BCUT2D eigenvalue weighted by Gasteiger charge is 2.13. The molecule has 0 spiro atoms. The standard InChI is InChI=1S/C11H12Cl4N2O/c12-3-5-17(6-4-13)11(18)16-10-7-8(14)1-2-9(10)15/h1-2,7H,3-6H2,(H,16,18). The summed E-state index contributed by atoms with van der Waals surface area (Å²) >= 11 is 23.0. The van der Waals surface area contributed by atoms with Crippen LogP contribution in [-0.2, 0) is 0 Å². The fourth-order valence-corrected chi connectivity index (χ4v) is 2.05. The van der Waals surface area contributed by atoms with Gasteiger partial charge >= 0.3 is 6.03 Å². The Morgan fingerprint density at radius 2 is 1.78 bits per heavy atom. The fourth-order valence-electron chi connectivity index (χ4n) is 1.31. The molecule has 3 nitrogen and oxygen atoms in total. The van der Waals surface area contributed by atoms with Gasteiger partial charge in [0.1, 0.15) is 0 Å². The molecule has 0 saturated heterocycles. The molecule has 0 bridgehead atoms. The average Bonchev–Trinajstić information content (AvgIpc) is 2.33. The first kappa shape index (κ1) is 15.7. The number of nitrogens with zero attached hydrogens (tertiary/aromatic N) is 1. The van der Waals surface area contributed by atoms with Gasteiger partial charge in [-0.3, -0.25) is 0 Å². The topological polar surface area (TPSA) is 32.3 Å². The molecule has 18 heavy (non-hydrogen) atoms. The zero-order valence-electron chi connectivity index (χ0n) is 9.43. The van der Waals surface area contributed by atoms with E-state index in [9.17, 15) is 4.79 Å². The SMILES string of the molecule is O=C(Nc1cc(Cl)ccc1Cl)N(CCCl)CCCl. The lowest BCUT2D eigenvalue weighted by Gasteiger charge is -2.21. The molecule has 7 heteroatoms. The van der Waals surface area contributed by atoms with Crippen molar-refractivity contribution in [1.82, 2.24) is 4.90 Å². The minimum absolute atomic E-state index is 0.305. The van der Waals surface area contributed by atoms with Gasteiger partial charge in [0.2, 0.25) is 0 Å². The first-order valence-corrected chi connectivity index (χ1v) is 7.04. The van der Waals surface area contributed by atoms with Gasteiger partial charge in [0.25, 0.3) is 0 Å². The molecule has 0 atom stereocenters. The molecule has 0 radical (unpaired) electrons. The van der Waals surface area contributed by atoms with Crippen LogP contribution < -0.4 is 5.32 Å². The number of alkyl halides is 2. The fraction of sp³-hybridized carbons (Fsp3) is 0.364. The molecule has 0 aliphatic carbocycles. The van der Waals surface area contributed by atoms with Crippen LogP contribution in [0.25, 0.3) is 0 Å². The van der Waals surface area contributed by atoms with E-state index in [1.807, 2.05) is 0 Å². The Morgan fingerprint density at radius 1 is 1.17 bits per heavy atom. The van der Waals surface area contributed by atoms with Crippen LogP contribution in [-0.4, -0.2) is 35.8 Å². The Morgan fingerprint density at radius 3 is 2.33 bits per heavy atom. The molecule has 1 N–H and O–H groups in total.